The van der Waals surface area contributed by atoms with Crippen LogP contribution >= 0.6 is 0 Å². The standard InChI is InChI=1S/C10H19N5O2/c1-10(2,17-5)6-12-8-13-7(11-3)14-9(15-8)16-4/h6H2,1-5H3,(H2,11,12,13,14,15). The highest BCUT2D eigenvalue weighted by molar-refractivity contribution is 5.35. The SMILES string of the molecule is CNc1nc(NCC(C)(C)OC)nc(OC)n1. The summed E-state index contributed by atoms with van der Waals surface area (Å²) in [6.45, 7) is 4.52. The quantitative estimate of drug-likeness (QED) is 0.760. The Labute approximate surface area is 101 Å². The predicted octanol–water partition coefficient (Wildman–Crippen LogP) is 0.759. The molecule has 17 heavy (non-hydrogen) atoms. The van der Waals surface area contributed by atoms with Crippen LogP contribution in [0.1, 0.15) is 13.8 Å². The molecule has 0 unspecified atom stereocenters. The van der Waals surface area contributed by atoms with Gasteiger partial charge in [0.25, 0.3) is 0 Å². The van der Waals surface area contributed by atoms with Crippen molar-refractivity contribution < 1.29 is 9.47 Å². The Bertz CT molecular complexity index is 347. The van der Waals surface area contributed by atoms with Gasteiger partial charge in [0.1, 0.15) is 0 Å². The van der Waals surface area contributed by atoms with Gasteiger partial charge >= 0.3 is 6.01 Å². The lowest BCUT2D eigenvalue weighted by Crippen LogP contribution is -2.32. The highest BCUT2D eigenvalue weighted by atomic mass is 16.5. The molecule has 0 aromatic carbocycles. The van der Waals surface area contributed by atoms with E-state index in [1.807, 2.05) is 13.8 Å². The van der Waals surface area contributed by atoms with E-state index in [-0.39, 0.29) is 11.6 Å². The van der Waals surface area contributed by atoms with Crippen LogP contribution in [0.3, 0.4) is 0 Å². The number of hydrogen-bond donors (Lipinski definition) is 2. The van der Waals surface area contributed by atoms with Gasteiger partial charge in [-0.05, 0) is 13.8 Å². The van der Waals surface area contributed by atoms with E-state index in [1.165, 1.54) is 7.11 Å². The van der Waals surface area contributed by atoms with Crippen LogP contribution in [0.15, 0.2) is 0 Å². The number of anilines is 2. The number of aromatic nitrogens is 3. The van der Waals surface area contributed by atoms with Crippen LogP contribution < -0.4 is 15.4 Å². The van der Waals surface area contributed by atoms with Gasteiger partial charge in [-0.1, -0.05) is 0 Å². The molecule has 2 N–H and O–H groups in total. The van der Waals surface area contributed by atoms with Gasteiger partial charge in [-0.2, -0.15) is 15.0 Å². The average molecular weight is 241 g/mol. The van der Waals surface area contributed by atoms with Crippen molar-refractivity contribution >= 4 is 11.9 Å². The van der Waals surface area contributed by atoms with E-state index in [9.17, 15) is 0 Å². The first-order chi connectivity index (χ1) is 8.00. The van der Waals surface area contributed by atoms with Gasteiger partial charge in [-0.15, -0.1) is 0 Å². The summed E-state index contributed by atoms with van der Waals surface area (Å²) in [5.41, 5.74) is -0.292. The molecule has 0 saturated heterocycles. The van der Waals surface area contributed by atoms with Crippen LogP contribution in [-0.2, 0) is 4.74 Å². The Morgan fingerprint density at radius 1 is 1.12 bits per heavy atom. The van der Waals surface area contributed by atoms with E-state index in [4.69, 9.17) is 9.47 Å². The summed E-state index contributed by atoms with van der Waals surface area (Å²) in [7, 11) is 4.91. The van der Waals surface area contributed by atoms with Gasteiger partial charge < -0.3 is 20.1 Å². The molecule has 1 aromatic rings. The molecule has 7 nitrogen and oxygen atoms in total. The maximum absolute atomic E-state index is 5.29. The molecule has 0 fully saturated rings. The second-order valence-corrected chi connectivity index (χ2v) is 4.04. The van der Waals surface area contributed by atoms with E-state index < -0.39 is 0 Å². The smallest absolute Gasteiger partial charge is 0.322 e. The normalized spacial score (nSPS) is 11.1. The van der Waals surface area contributed by atoms with Crippen LogP contribution in [0.2, 0.25) is 0 Å². The highest BCUT2D eigenvalue weighted by Crippen LogP contribution is 2.12. The van der Waals surface area contributed by atoms with E-state index in [0.29, 0.717) is 18.4 Å². The van der Waals surface area contributed by atoms with Crippen molar-refractivity contribution in [3.63, 3.8) is 0 Å². The Hall–Kier alpha value is -1.63. The van der Waals surface area contributed by atoms with Crippen LogP contribution in [0, 0.1) is 0 Å². The number of methoxy groups -OCH3 is 2. The number of nitrogens with zero attached hydrogens (tertiary/aromatic N) is 3. The number of rotatable bonds is 6. The van der Waals surface area contributed by atoms with Crippen LogP contribution in [0.4, 0.5) is 11.9 Å². The van der Waals surface area contributed by atoms with E-state index >= 15 is 0 Å². The first-order valence-corrected chi connectivity index (χ1v) is 5.27. The molecule has 0 atom stereocenters. The van der Waals surface area contributed by atoms with Gasteiger partial charge in [-0.3, -0.25) is 0 Å². The lowest BCUT2D eigenvalue weighted by Gasteiger charge is -2.23. The van der Waals surface area contributed by atoms with Gasteiger partial charge in [0, 0.05) is 20.7 Å². The summed E-state index contributed by atoms with van der Waals surface area (Å²) >= 11 is 0. The molecular formula is C10H19N5O2. The van der Waals surface area contributed by atoms with Gasteiger partial charge in [0.15, 0.2) is 0 Å². The minimum Gasteiger partial charge on any atom is -0.467 e. The first-order valence-electron chi connectivity index (χ1n) is 5.27. The first kappa shape index (κ1) is 13.4. The van der Waals surface area contributed by atoms with Crippen molar-refractivity contribution in [2.45, 2.75) is 19.4 Å². The summed E-state index contributed by atoms with van der Waals surface area (Å²) in [6.07, 6.45) is 0. The summed E-state index contributed by atoms with van der Waals surface area (Å²) in [4.78, 5) is 12.3. The lowest BCUT2D eigenvalue weighted by molar-refractivity contribution is 0.0342. The fourth-order valence-electron chi connectivity index (χ4n) is 1.00. The van der Waals surface area contributed by atoms with Crippen molar-refractivity contribution in [2.24, 2.45) is 0 Å². The largest absolute Gasteiger partial charge is 0.467 e. The van der Waals surface area contributed by atoms with E-state index in [2.05, 4.69) is 25.6 Å². The zero-order valence-electron chi connectivity index (χ0n) is 10.9. The molecule has 0 aliphatic rings. The molecule has 1 rings (SSSR count). The van der Waals surface area contributed by atoms with Gasteiger partial charge in [-0.25, -0.2) is 0 Å². The van der Waals surface area contributed by atoms with Crippen LogP contribution in [0.5, 0.6) is 6.01 Å². The predicted molar refractivity (Wildman–Crippen MR) is 65.5 cm³/mol. The Balaban J connectivity index is 2.76. The second kappa shape index (κ2) is 5.62. The minimum absolute atomic E-state index is 0.266. The van der Waals surface area contributed by atoms with Gasteiger partial charge in [0.05, 0.1) is 12.7 Å². The zero-order valence-corrected chi connectivity index (χ0v) is 10.9. The third-order valence-electron chi connectivity index (χ3n) is 2.25. The lowest BCUT2D eigenvalue weighted by atomic mass is 10.1. The minimum atomic E-state index is -0.292. The fraction of sp³-hybridized carbons (Fsp3) is 0.700. The summed E-state index contributed by atoms with van der Waals surface area (Å²) in [5, 5.41) is 5.92. The Kier molecular flexibility index (Phi) is 4.45. The molecule has 1 heterocycles. The van der Waals surface area contributed by atoms with Crippen LogP contribution in [0.25, 0.3) is 0 Å². The van der Waals surface area contributed by atoms with E-state index in [1.54, 1.807) is 14.2 Å². The molecule has 1 aromatic heterocycles. The van der Waals surface area contributed by atoms with Crippen molar-refractivity contribution in [3.8, 4) is 6.01 Å². The number of hydrogen-bond acceptors (Lipinski definition) is 7. The molecule has 96 valence electrons. The maximum atomic E-state index is 5.29. The molecule has 0 aliphatic carbocycles. The molecule has 0 amide bonds. The Morgan fingerprint density at radius 3 is 2.29 bits per heavy atom. The third kappa shape index (κ3) is 4.03. The summed E-state index contributed by atoms with van der Waals surface area (Å²) in [6, 6.07) is 0.266. The maximum Gasteiger partial charge on any atom is 0.322 e. The molecule has 7 heteroatoms. The molecule has 0 bridgehead atoms. The molecule has 0 aliphatic heterocycles. The highest BCUT2D eigenvalue weighted by Gasteiger charge is 2.17. The Morgan fingerprint density at radius 2 is 1.76 bits per heavy atom. The van der Waals surface area contributed by atoms with Gasteiger partial charge in [0.2, 0.25) is 11.9 Å². The summed E-state index contributed by atoms with van der Waals surface area (Å²) in [5.74, 6) is 0.904. The molecule has 0 saturated carbocycles. The third-order valence-corrected chi connectivity index (χ3v) is 2.25. The molecular weight excluding hydrogens is 222 g/mol. The van der Waals surface area contributed by atoms with Crippen molar-refractivity contribution in [1.82, 2.24) is 15.0 Å². The van der Waals surface area contributed by atoms with Crippen molar-refractivity contribution in [2.75, 3.05) is 38.4 Å². The number of ether oxygens (including phenoxy) is 2. The van der Waals surface area contributed by atoms with Crippen molar-refractivity contribution in [1.29, 1.82) is 0 Å². The monoisotopic (exact) mass is 241 g/mol. The number of nitrogens with one attached hydrogen (secondary N) is 2. The van der Waals surface area contributed by atoms with Crippen LogP contribution in [-0.4, -0.2) is 48.4 Å². The molecule has 0 spiro atoms. The molecule has 0 radical (unpaired) electrons. The van der Waals surface area contributed by atoms with Crippen molar-refractivity contribution in [3.05, 3.63) is 0 Å². The zero-order chi connectivity index (χ0) is 12.9. The average Bonchev–Trinajstić information content (AvgIpc) is 2.36. The summed E-state index contributed by atoms with van der Waals surface area (Å²) < 4.78 is 10.3. The topological polar surface area (TPSA) is 81.2 Å². The second-order valence-electron chi connectivity index (χ2n) is 4.04. The van der Waals surface area contributed by atoms with E-state index in [0.717, 1.165) is 0 Å². The fourth-order valence-corrected chi connectivity index (χ4v) is 1.00.